The SMILES string of the molecule is C[C@]12C=CC(=O)C=C1CC[C@@H]1[C@@H]2[C@@H](O)C[C@@]2(C)[C@H]1CC[C@]2(O)C(=O)COC(=O)CCCCCN. The summed E-state index contributed by atoms with van der Waals surface area (Å²) in [6, 6.07) is 0. The molecule has 0 saturated heterocycles. The number of fused-ring (bicyclic) bond motifs is 5. The minimum Gasteiger partial charge on any atom is -0.458 e. The maximum absolute atomic E-state index is 13.2. The summed E-state index contributed by atoms with van der Waals surface area (Å²) >= 11 is 0. The van der Waals surface area contributed by atoms with Gasteiger partial charge < -0.3 is 20.7 Å². The fourth-order valence-electron chi connectivity index (χ4n) is 7.72. The van der Waals surface area contributed by atoms with Gasteiger partial charge in [-0.15, -0.1) is 0 Å². The van der Waals surface area contributed by atoms with E-state index in [4.69, 9.17) is 10.5 Å². The Morgan fingerprint density at radius 3 is 2.71 bits per heavy atom. The molecule has 0 spiro atoms. The molecule has 0 amide bonds. The number of carbonyl (C=O) groups is 3. The molecule has 3 saturated carbocycles. The number of carbonyl (C=O) groups excluding carboxylic acids is 3. The van der Waals surface area contributed by atoms with Crippen LogP contribution in [0, 0.1) is 28.6 Å². The number of aliphatic hydroxyl groups excluding tert-OH is 1. The molecule has 0 aromatic rings. The third-order valence-corrected chi connectivity index (χ3v) is 9.56. The molecule has 0 bridgehead atoms. The van der Waals surface area contributed by atoms with Crippen molar-refractivity contribution in [3.05, 3.63) is 23.8 Å². The average Bonchev–Trinajstić information content (AvgIpc) is 3.06. The summed E-state index contributed by atoms with van der Waals surface area (Å²) in [6.45, 7) is 4.17. The Hall–Kier alpha value is -1.83. The van der Waals surface area contributed by atoms with E-state index in [1.54, 1.807) is 12.2 Å². The first-order valence-corrected chi connectivity index (χ1v) is 12.8. The van der Waals surface area contributed by atoms with Crippen molar-refractivity contribution >= 4 is 17.5 Å². The minimum absolute atomic E-state index is 0.00386. The highest BCUT2D eigenvalue weighted by molar-refractivity contribution is 6.01. The Labute approximate surface area is 201 Å². The standard InChI is InChI=1S/C27H39NO6/c1-25-11-9-18(29)14-17(25)7-8-19-20-10-12-27(33,26(20,2)15-21(30)24(19)25)22(31)16-34-23(32)6-4-3-5-13-28/h9,11,14,19-21,24,30,33H,3-8,10,12-13,15-16,28H2,1-2H3/t19-,20-,21-,24+,25-,26-,27-/m0/s1. The molecular formula is C27H39NO6. The number of Topliss-reactive ketones (excluding diaryl/α,β-unsaturated/α-hetero) is 1. The van der Waals surface area contributed by atoms with Crippen molar-refractivity contribution in [1.29, 1.82) is 0 Å². The molecule has 4 aliphatic carbocycles. The fourth-order valence-corrected chi connectivity index (χ4v) is 7.72. The van der Waals surface area contributed by atoms with Crippen LogP contribution < -0.4 is 5.73 Å². The van der Waals surface area contributed by atoms with Gasteiger partial charge in [-0.05, 0) is 75.5 Å². The second-order valence-electron chi connectivity index (χ2n) is 11.3. The number of hydrogen-bond acceptors (Lipinski definition) is 7. The van der Waals surface area contributed by atoms with Crippen molar-refractivity contribution in [1.82, 2.24) is 0 Å². The number of ketones is 2. The smallest absolute Gasteiger partial charge is 0.306 e. The van der Waals surface area contributed by atoms with Crippen LogP contribution in [0.2, 0.25) is 0 Å². The number of rotatable bonds is 8. The van der Waals surface area contributed by atoms with Gasteiger partial charge in [0.25, 0.3) is 0 Å². The number of unbranched alkanes of at least 4 members (excludes halogenated alkanes) is 2. The predicted octanol–water partition coefficient (Wildman–Crippen LogP) is 2.63. The third-order valence-electron chi connectivity index (χ3n) is 9.56. The van der Waals surface area contributed by atoms with E-state index in [-0.39, 0.29) is 35.4 Å². The van der Waals surface area contributed by atoms with Crippen LogP contribution in [0.15, 0.2) is 23.8 Å². The van der Waals surface area contributed by atoms with E-state index in [0.29, 0.717) is 32.2 Å². The van der Waals surface area contributed by atoms with Gasteiger partial charge in [-0.2, -0.15) is 0 Å². The summed E-state index contributed by atoms with van der Waals surface area (Å²) in [5.74, 6) is -0.749. The first kappa shape index (κ1) is 25.3. The largest absolute Gasteiger partial charge is 0.458 e. The Morgan fingerprint density at radius 2 is 1.97 bits per heavy atom. The normalized spacial score (nSPS) is 40.7. The van der Waals surface area contributed by atoms with E-state index in [9.17, 15) is 24.6 Å². The summed E-state index contributed by atoms with van der Waals surface area (Å²) in [7, 11) is 0. The van der Waals surface area contributed by atoms with Gasteiger partial charge in [-0.3, -0.25) is 14.4 Å². The first-order valence-electron chi connectivity index (χ1n) is 12.8. The molecule has 7 heteroatoms. The Morgan fingerprint density at radius 1 is 1.21 bits per heavy atom. The Bertz CT molecular complexity index is 911. The molecule has 0 aromatic heterocycles. The van der Waals surface area contributed by atoms with E-state index in [2.05, 4.69) is 6.92 Å². The Kier molecular flexibility index (Phi) is 6.93. The van der Waals surface area contributed by atoms with E-state index in [1.807, 2.05) is 13.0 Å². The molecule has 0 radical (unpaired) electrons. The molecule has 4 N–H and O–H groups in total. The molecule has 34 heavy (non-hydrogen) atoms. The molecule has 0 aliphatic heterocycles. The highest BCUT2D eigenvalue weighted by Crippen LogP contribution is 2.67. The molecule has 188 valence electrons. The van der Waals surface area contributed by atoms with E-state index >= 15 is 0 Å². The lowest BCUT2D eigenvalue weighted by molar-refractivity contribution is -0.181. The summed E-state index contributed by atoms with van der Waals surface area (Å²) in [5, 5.41) is 23.1. The maximum Gasteiger partial charge on any atom is 0.306 e. The van der Waals surface area contributed by atoms with Crippen LogP contribution in [0.25, 0.3) is 0 Å². The second kappa shape index (κ2) is 9.32. The topological polar surface area (TPSA) is 127 Å². The molecule has 3 fully saturated rings. The second-order valence-corrected chi connectivity index (χ2v) is 11.3. The van der Waals surface area contributed by atoms with Gasteiger partial charge in [0.05, 0.1) is 6.10 Å². The van der Waals surface area contributed by atoms with Crippen LogP contribution in [0.3, 0.4) is 0 Å². The number of hydrogen-bond donors (Lipinski definition) is 3. The van der Waals surface area contributed by atoms with Crippen molar-refractivity contribution in [2.24, 2.45) is 34.3 Å². The van der Waals surface area contributed by atoms with Gasteiger partial charge in [0, 0.05) is 23.2 Å². The lowest BCUT2D eigenvalue weighted by Gasteiger charge is -2.59. The van der Waals surface area contributed by atoms with Crippen LogP contribution >= 0.6 is 0 Å². The number of allylic oxidation sites excluding steroid dienone is 4. The number of nitrogens with two attached hydrogens (primary N) is 1. The van der Waals surface area contributed by atoms with Gasteiger partial charge in [0.15, 0.2) is 12.4 Å². The van der Waals surface area contributed by atoms with Crippen molar-refractivity contribution in [3.8, 4) is 0 Å². The summed E-state index contributed by atoms with van der Waals surface area (Å²) in [4.78, 5) is 37.2. The zero-order chi connectivity index (χ0) is 24.7. The summed E-state index contributed by atoms with van der Waals surface area (Å²) in [6.07, 6.45) is 10.1. The zero-order valence-electron chi connectivity index (χ0n) is 20.4. The number of ether oxygens (including phenoxy) is 1. The monoisotopic (exact) mass is 473 g/mol. The lowest BCUT2D eigenvalue weighted by Crippen LogP contribution is -2.61. The third kappa shape index (κ3) is 3.99. The van der Waals surface area contributed by atoms with E-state index < -0.39 is 35.5 Å². The van der Waals surface area contributed by atoms with Gasteiger partial charge >= 0.3 is 5.97 Å². The molecule has 4 aliphatic rings. The first-order chi connectivity index (χ1) is 16.1. The molecule has 0 aromatic carbocycles. The van der Waals surface area contributed by atoms with Crippen LogP contribution in [-0.2, 0) is 19.1 Å². The van der Waals surface area contributed by atoms with Crippen molar-refractivity contribution in [2.75, 3.05) is 13.2 Å². The molecule has 7 atom stereocenters. The number of aliphatic hydroxyl groups is 2. The summed E-state index contributed by atoms with van der Waals surface area (Å²) in [5.41, 5.74) is 3.74. The zero-order valence-corrected chi connectivity index (χ0v) is 20.4. The van der Waals surface area contributed by atoms with Crippen LogP contribution in [0.1, 0.15) is 71.6 Å². The van der Waals surface area contributed by atoms with Gasteiger partial charge in [0.1, 0.15) is 5.60 Å². The highest BCUT2D eigenvalue weighted by Gasteiger charge is 2.68. The number of esters is 1. The average molecular weight is 474 g/mol. The predicted molar refractivity (Wildman–Crippen MR) is 126 cm³/mol. The van der Waals surface area contributed by atoms with E-state index in [0.717, 1.165) is 31.3 Å². The minimum atomic E-state index is -1.63. The van der Waals surface area contributed by atoms with E-state index in [1.165, 1.54) is 0 Å². The summed E-state index contributed by atoms with van der Waals surface area (Å²) < 4.78 is 5.23. The van der Waals surface area contributed by atoms with Crippen molar-refractivity contribution < 1.29 is 29.3 Å². The van der Waals surface area contributed by atoms with Crippen LogP contribution in [0.4, 0.5) is 0 Å². The molecule has 0 unspecified atom stereocenters. The lowest BCUT2D eigenvalue weighted by atomic mass is 9.46. The highest BCUT2D eigenvalue weighted by atomic mass is 16.5. The van der Waals surface area contributed by atoms with Gasteiger partial charge in [-0.25, -0.2) is 0 Å². The molecule has 7 nitrogen and oxygen atoms in total. The molecular weight excluding hydrogens is 434 g/mol. The Balaban J connectivity index is 1.48. The van der Waals surface area contributed by atoms with Crippen molar-refractivity contribution in [3.63, 3.8) is 0 Å². The van der Waals surface area contributed by atoms with Crippen LogP contribution in [0.5, 0.6) is 0 Å². The van der Waals surface area contributed by atoms with Gasteiger partial charge in [0.2, 0.25) is 5.78 Å². The van der Waals surface area contributed by atoms with Gasteiger partial charge in [-0.1, -0.05) is 31.9 Å². The maximum atomic E-state index is 13.2. The van der Waals surface area contributed by atoms with Crippen molar-refractivity contribution in [2.45, 2.75) is 83.3 Å². The molecule has 0 heterocycles. The molecule has 4 rings (SSSR count). The van der Waals surface area contributed by atoms with Crippen LogP contribution in [-0.4, -0.2) is 52.6 Å². The quantitative estimate of drug-likeness (QED) is 0.365. The fraction of sp³-hybridized carbons (Fsp3) is 0.741.